The minimum absolute atomic E-state index is 0.0429. The van der Waals surface area contributed by atoms with Gasteiger partial charge >= 0.3 is 25.0 Å². The number of nitrogens with one attached hydrogen (secondary N) is 4. The maximum atomic E-state index is 13.7. The number of ketones is 1. The van der Waals surface area contributed by atoms with E-state index >= 15 is 0 Å². The second-order valence-corrected chi connectivity index (χ2v) is 19.2. The van der Waals surface area contributed by atoms with Crippen molar-refractivity contribution < 1.29 is 63.7 Å². The highest BCUT2D eigenvalue weighted by molar-refractivity contribution is 14.1. The molecule has 2 saturated heterocycles. The predicted octanol–water partition coefficient (Wildman–Crippen LogP) is -0.337. The summed E-state index contributed by atoms with van der Waals surface area (Å²) in [5.41, 5.74) is 1.89. The minimum atomic E-state index is -1.67. The number of carboxylic acid groups (broad SMARTS) is 3. The normalized spacial score (nSPS) is 17.5. The first-order valence-corrected chi connectivity index (χ1v) is 25.1. The summed E-state index contributed by atoms with van der Waals surface area (Å²) >= 11 is 2.23. The van der Waals surface area contributed by atoms with Gasteiger partial charge in [0.25, 0.3) is 5.91 Å². The number of aliphatic carboxylic acids is 3. The number of benzene rings is 2. The number of unbranched alkanes of at least 4 members (excludes halogenated alkanes) is 1. The molecule has 2 aromatic carbocycles. The van der Waals surface area contributed by atoms with E-state index in [1.807, 2.05) is 29.2 Å². The van der Waals surface area contributed by atoms with Crippen LogP contribution in [-0.4, -0.2) is 221 Å². The molecule has 2 aliphatic heterocycles. The molecule has 0 unspecified atom stereocenters. The van der Waals surface area contributed by atoms with Crippen molar-refractivity contribution in [1.29, 1.82) is 0 Å². The summed E-state index contributed by atoms with van der Waals surface area (Å²) in [7, 11) is -1.67. The van der Waals surface area contributed by atoms with Crippen molar-refractivity contribution in [3.63, 3.8) is 0 Å². The third-order valence-corrected chi connectivity index (χ3v) is 13.1. The van der Waals surface area contributed by atoms with Gasteiger partial charge in [0.15, 0.2) is 5.78 Å². The van der Waals surface area contributed by atoms with Gasteiger partial charge in [-0.25, -0.2) is 0 Å². The van der Waals surface area contributed by atoms with Crippen molar-refractivity contribution in [2.24, 2.45) is 0 Å². The Morgan fingerprint density at radius 1 is 0.676 bits per heavy atom. The molecule has 4 amide bonds. The fourth-order valence-corrected chi connectivity index (χ4v) is 8.81. The molecule has 2 aromatic rings. The Morgan fingerprint density at radius 2 is 1.21 bits per heavy atom. The number of carboxylic acids is 3. The van der Waals surface area contributed by atoms with Gasteiger partial charge in [0.1, 0.15) is 6.04 Å². The summed E-state index contributed by atoms with van der Waals surface area (Å²) in [6.07, 6.45) is 3.78. The fourth-order valence-electron chi connectivity index (χ4n) is 8.45. The number of carbonyl (C=O) groups excluding carboxylic acids is 5. The monoisotopic (exact) mass is 1110 g/mol. The minimum Gasteiger partial charge on any atom is -0.480 e. The van der Waals surface area contributed by atoms with Crippen LogP contribution in [0.2, 0.25) is 0 Å². The number of amides is 4. The first-order chi connectivity index (χ1) is 33.9. The Kier molecular flexibility index (Phi) is 25.1. The van der Waals surface area contributed by atoms with Gasteiger partial charge < -0.3 is 51.5 Å². The predicted molar refractivity (Wildman–Crippen MR) is 271 cm³/mol. The molecule has 71 heavy (non-hydrogen) atoms. The molecule has 0 bridgehead atoms. The average Bonchev–Trinajstić information content (AvgIpc) is 3.82. The van der Waals surface area contributed by atoms with E-state index in [4.69, 9.17) is 0 Å². The van der Waals surface area contributed by atoms with E-state index in [0.29, 0.717) is 70.3 Å². The smallest absolute Gasteiger partial charge is 0.475 e. The van der Waals surface area contributed by atoms with Crippen LogP contribution in [0.4, 0.5) is 5.69 Å². The van der Waals surface area contributed by atoms with Gasteiger partial charge in [0.2, 0.25) is 17.7 Å². The molecule has 0 radical (unpaired) electrons. The van der Waals surface area contributed by atoms with Crippen molar-refractivity contribution in [1.82, 2.24) is 40.4 Å². The summed E-state index contributed by atoms with van der Waals surface area (Å²) in [5.74, 6) is -5.66. The van der Waals surface area contributed by atoms with Crippen molar-refractivity contribution in [3.8, 4) is 0 Å². The largest absolute Gasteiger partial charge is 0.480 e. The van der Waals surface area contributed by atoms with Gasteiger partial charge in [-0.2, -0.15) is 0 Å². The average molecular weight is 1110 g/mol. The quantitative estimate of drug-likeness (QED) is 0.0331. The highest BCUT2D eigenvalue weighted by Crippen LogP contribution is 2.20. The van der Waals surface area contributed by atoms with E-state index in [9.17, 15) is 63.7 Å². The molecule has 2 fully saturated rings. The maximum absolute atomic E-state index is 13.7. The summed E-state index contributed by atoms with van der Waals surface area (Å²) in [4.78, 5) is 109. The number of halogens is 1. The topological polar surface area (TPSA) is 302 Å². The highest BCUT2D eigenvalue weighted by Gasteiger charge is 2.38. The molecule has 22 nitrogen and oxygen atoms in total. The second kappa shape index (κ2) is 30.6. The lowest BCUT2D eigenvalue weighted by Crippen LogP contribution is -2.52. The molecule has 0 aliphatic carbocycles. The van der Waals surface area contributed by atoms with Crippen LogP contribution in [0.15, 0.2) is 48.5 Å². The molecule has 0 spiro atoms. The summed E-state index contributed by atoms with van der Waals surface area (Å²) in [6, 6.07) is 12.6. The van der Waals surface area contributed by atoms with Crippen molar-refractivity contribution >= 4 is 82.7 Å². The van der Waals surface area contributed by atoms with E-state index in [2.05, 4.69) is 43.9 Å². The van der Waals surface area contributed by atoms with Gasteiger partial charge in [-0.15, -0.1) is 0 Å². The Bertz CT molecular complexity index is 2060. The maximum Gasteiger partial charge on any atom is 0.475 e. The Balaban J connectivity index is 1.31. The van der Waals surface area contributed by atoms with Gasteiger partial charge in [-0.3, -0.25) is 58.0 Å². The zero-order valence-electron chi connectivity index (χ0n) is 40.3. The molecule has 2 heterocycles. The third kappa shape index (κ3) is 22.0. The van der Waals surface area contributed by atoms with Crippen LogP contribution in [0.3, 0.4) is 0 Å². The molecule has 9 N–H and O–H groups in total. The van der Waals surface area contributed by atoms with Gasteiger partial charge in [0.05, 0.1) is 44.7 Å². The molecular formula is C47H69BIN9O13. The number of rotatable bonds is 26. The Labute approximate surface area is 428 Å². The fraction of sp³-hybridized carbons (Fsp3) is 0.574. The van der Waals surface area contributed by atoms with Crippen LogP contribution in [0.25, 0.3) is 0 Å². The van der Waals surface area contributed by atoms with Gasteiger partial charge in [0, 0.05) is 86.7 Å². The van der Waals surface area contributed by atoms with Gasteiger partial charge in [-0.1, -0.05) is 12.1 Å². The third-order valence-electron chi connectivity index (χ3n) is 12.4. The summed E-state index contributed by atoms with van der Waals surface area (Å²) in [6.45, 7) is 3.29. The number of aryl methyl sites for hydroxylation is 1. The van der Waals surface area contributed by atoms with Crippen LogP contribution in [0, 0.1) is 3.57 Å². The first-order valence-electron chi connectivity index (χ1n) is 24.1. The molecule has 390 valence electrons. The van der Waals surface area contributed by atoms with Crippen LogP contribution in [-0.2, 0) is 40.0 Å². The van der Waals surface area contributed by atoms with E-state index in [1.165, 1.54) is 24.0 Å². The lowest BCUT2D eigenvalue weighted by atomic mass is 9.78. The molecule has 24 heteroatoms. The number of hydrogen-bond donors (Lipinski definition) is 9. The number of nitrogens with zero attached hydrogens (tertiary/aromatic N) is 5. The van der Waals surface area contributed by atoms with Crippen LogP contribution in [0.1, 0.15) is 67.8 Å². The number of Topliss-reactive ketones (excluding diaryl/α,β-unsaturated/α-hetero) is 1. The van der Waals surface area contributed by atoms with E-state index in [-0.39, 0.29) is 108 Å². The lowest BCUT2D eigenvalue weighted by molar-refractivity contribution is -0.140. The Morgan fingerprint density at radius 3 is 1.73 bits per heavy atom. The van der Waals surface area contributed by atoms with E-state index < -0.39 is 54.9 Å². The zero-order chi connectivity index (χ0) is 51.9. The second-order valence-electron chi connectivity index (χ2n) is 18.0. The number of anilines is 1. The van der Waals surface area contributed by atoms with E-state index in [1.54, 1.807) is 26.8 Å². The van der Waals surface area contributed by atoms with Gasteiger partial charge in [-0.05, 0) is 116 Å². The molecular weight excluding hydrogens is 1040 g/mol. The Hall–Kier alpha value is -5.25. The van der Waals surface area contributed by atoms with Crippen LogP contribution < -0.4 is 21.3 Å². The number of hydrogen-bond acceptors (Lipinski definition) is 15. The molecule has 2 aliphatic rings. The van der Waals surface area contributed by atoms with Crippen molar-refractivity contribution in [3.05, 3.63) is 63.2 Å². The summed E-state index contributed by atoms with van der Waals surface area (Å²) in [5, 5.41) is 59.3. The van der Waals surface area contributed by atoms with E-state index in [0.717, 1.165) is 9.13 Å². The molecule has 0 aromatic heterocycles. The van der Waals surface area contributed by atoms with Crippen LogP contribution >= 0.6 is 22.6 Å². The highest BCUT2D eigenvalue weighted by atomic mass is 127. The molecule has 3 atom stereocenters. The number of likely N-dealkylation sites (tertiary alicyclic amines) is 1. The summed E-state index contributed by atoms with van der Waals surface area (Å²) < 4.78 is 1.10. The first kappa shape index (κ1) is 58.3. The zero-order valence-corrected chi connectivity index (χ0v) is 42.5. The van der Waals surface area contributed by atoms with Crippen molar-refractivity contribution in [2.45, 2.75) is 76.3 Å². The van der Waals surface area contributed by atoms with Crippen molar-refractivity contribution in [2.75, 3.05) is 103 Å². The van der Waals surface area contributed by atoms with Crippen LogP contribution in [0.5, 0.6) is 0 Å². The molecule has 0 saturated carbocycles. The lowest BCUT2D eigenvalue weighted by Gasteiger charge is -2.32. The SMILES string of the molecule is C[C@@H](NC(=O)c1ccc(NCC(=O)[C@H](CCCCNC(=O)CN2CCN(CC(=O)O)CCN(CC(=O)O)CCN(CC(=O)O)CC2)NC(=O)CCCc2ccc(I)cc2)cc1)C(=O)N1CCC[C@H]1B(O)O. The standard InChI is InChI=1S/C47H69BIN9O13/c1-33(47(69)58-19-5-8-40(58)48(70)71)52-46(68)35-12-16-37(17-13-35)51-28-39(59)38(53-41(60)9-4-6-34-10-14-36(49)15-11-34)7-2-3-18-50-42(61)29-54-20-22-55(30-43(62)63)24-26-57(32-45(66)67)27-25-56(23-21-54)31-44(64)65/h10-17,33,38,40,51,70-71H,2-9,18-32H2,1H3,(H,50,61)(H,52,68)(H,53,60)(H,62,63)(H,64,65)(H,66,67)/t33-,38+,40+/m1/s1. The molecule has 4 rings (SSSR count). The number of carbonyl (C=O) groups is 8.